The van der Waals surface area contributed by atoms with Crippen LogP contribution in [0.1, 0.15) is 58.4 Å². The Morgan fingerprint density at radius 1 is 1.26 bits per heavy atom. The van der Waals surface area contributed by atoms with Crippen LogP contribution in [0.25, 0.3) is 0 Å². The Balaban J connectivity index is 1.59. The summed E-state index contributed by atoms with van der Waals surface area (Å²) in [5, 5.41) is 3.32. The maximum Gasteiger partial charge on any atom is 0.165 e. The van der Waals surface area contributed by atoms with Crippen LogP contribution in [0.15, 0.2) is 18.2 Å². The molecule has 0 aliphatic heterocycles. The molecule has 3 rings (SSSR count). The monoisotopic (exact) mass is 397 g/mol. The minimum absolute atomic E-state index is 0.00748. The Kier molecular flexibility index (Phi) is 5.88. The molecular weight excluding hydrogens is 365 g/mol. The minimum atomic E-state index is -3.16. The first-order valence-electron chi connectivity index (χ1n) is 9.97. The van der Waals surface area contributed by atoms with E-state index in [4.69, 9.17) is 4.74 Å². The standard InChI is InChI=1S/C21H32FNO3S/c1-20(2,3)23-11-4-12-27(24,25)15-21(9-10-21)17-7-8-18(22)19(13-17)26-14-16-5-6-16/h7-8,13,16,23H,4-6,9-12,14-15H2,1-3H3. The molecule has 4 nitrogen and oxygen atoms in total. The summed E-state index contributed by atoms with van der Waals surface area (Å²) in [5.74, 6) is 0.765. The van der Waals surface area contributed by atoms with E-state index >= 15 is 0 Å². The van der Waals surface area contributed by atoms with Crippen LogP contribution in [0, 0.1) is 11.7 Å². The van der Waals surface area contributed by atoms with Gasteiger partial charge >= 0.3 is 0 Å². The van der Waals surface area contributed by atoms with Gasteiger partial charge in [-0.2, -0.15) is 0 Å². The lowest BCUT2D eigenvalue weighted by Gasteiger charge is -2.21. The van der Waals surface area contributed by atoms with Crippen LogP contribution >= 0.6 is 0 Å². The van der Waals surface area contributed by atoms with Crippen molar-refractivity contribution >= 4 is 9.84 Å². The van der Waals surface area contributed by atoms with Gasteiger partial charge in [-0.25, -0.2) is 12.8 Å². The highest BCUT2D eigenvalue weighted by molar-refractivity contribution is 7.91. The summed E-state index contributed by atoms with van der Waals surface area (Å²) in [6, 6.07) is 4.86. The van der Waals surface area contributed by atoms with Gasteiger partial charge in [-0.3, -0.25) is 0 Å². The number of sulfone groups is 1. The van der Waals surface area contributed by atoms with Crippen LogP contribution in [0.4, 0.5) is 4.39 Å². The molecule has 2 saturated carbocycles. The van der Waals surface area contributed by atoms with E-state index in [1.54, 1.807) is 12.1 Å². The van der Waals surface area contributed by atoms with Crippen LogP contribution < -0.4 is 10.1 Å². The second-order valence-corrected chi connectivity index (χ2v) is 11.5. The lowest BCUT2D eigenvalue weighted by molar-refractivity contribution is 0.285. The molecule has 0 bridgehead atoms. The average molecular weight is 398 g/mol. The van der Waals surface area contributed by atoms with E-state index in [9.17, 15) is 12.8 Å². The topological polar surface area (TPSA) is 55.4 Å². The van der Waals surface area contributed by atoms with Gasteiger partial charge in [0, 0.05) is 11.0 Å². The second-order valence-electron chi connectivity index (χ2n) is 9.30. The molecular formula is C21H32FNO3S. The van der Waals surface area contributed by atoms with Crippen molar-refractivity contribution in [2.45, 2.75) is 63.8 Å². The first-order valence-corrected chi connectivity index (χ1v) is 11.8. The number of benzene rings is 1. The fourth-order valence-electron chi connectivity index (χ4n) is 3.35. The van der Waals surface area contributed by atoms with Gasteiger partial charge in [0.1, 0.15) is 0 Å². The zero-order valence-corrected chi connectivity index (χ0v) is 17.5. The summed E-state index contributed by atoms with van der Waals surface area (Å²) in [5.41, 5.74) is 0.528. The van der Waals surface area contributed by atoms with Crippen LogP contribution in [-0.2, 0) is 15.3 Å². The zero-order chi connectivity index (χ0) is 19.7. The highest BCUT2D eigenvalue weighted by Crippen LogP contribution is 2.50. The molecule has 1 aromatic rings. The molecule has 1 aromatic carbocycles. The third-order valence-corrected chi connectivity index (χ3v) is 7.26. The van der Waals surface area contributed by atoms with E-state index in [-0.39, 0.29) is 34.0 Å². The molecule has 0 unspecified atom stereocenters. The SMILES string of the molecule is CC(C)(C)NCCCS(=O)(=O)CC1(c2ccc(F)c(OCC3CC3)c2)CC1. The molecule has 152 valence electrons. The Morgan fingerprint density at radius 2 is 1.96 bits per heavy atom. The van der Waals surface area contributed by atoms with Gasteiger partial charge in [0.25, 0.3) is 0 Å². The van der Waals surface area contributed by atoms with Gasteiger partial charge < -0.3 is 10.1 Å². The summed E-state index contributed by atoms with van der Waals surface area (Å²) in [6.45, 7) is 7.44. The molecule has 2 fully saturated rings. The van der Waals surface area contributed by atoms with Gasteiger partial charge in [0.05, 0.1) is 18.1 Å². The number of hydrogen-bond donors (Lipinski definition) is 1. The van der Waals surface area contributed by atoms with Crippen molar-refractivity contribution in [3.05, 3.63) is 29.6 Å². The molecule has 0 heterocycles. The minimum Gasteiger partial charge on any atom is -0.490 e. The molecule has 0 spiro atoms. The number of halogens is 1. The Bertz CT molecular complexity index is 762. The molecule has 0 saturated heterocycles. The van der Waals surface area contributed by atoms with E-state index in [1.165, 1.54) is 6.07 Å². The van der Waals surface area contributed by atoms with Gasteiger partial charge in [-0.05, 0) is 83.0 Å². The van der Waals surface area contributed by atoms with Gasteiger partial charge in [-0.15, -0.1) is 0 Å². The summed E-state index contributed by atoms with van der Waals surface area (Å²) in [6.07, 6.45) is 4.57. The van der Waals surface area contributed by atoms with E-state index in [2.05, 4.69) is 26.1 Å². The van der Waals surface area contributed by atoms with Crippen molar-refractivity contribution in [3.8, 4) is 5.75 Å². The normalized spacial score (nSPS) is 19.1. The zero-order valence-electron chi connectivity index (χ0n) is 16.7. The molecule has 1 N–H and O–H groups in total. The second kappa shape index (κ2) is 7.70. The van der Waals surface area contributed by atoms with Gasteiger partial charge in [0.2, 0.25) is 0 Å². The van der Waals surface area contributed by atoms with Crippen LogP contribution in [0.5, 0.6) is 5.75 Å². The highest BCUT2D eigenvalue weighted by Gasteiger charge is 2.47. The first-order chi connectivity index (χ1) is 12.6. The van der Waals surface area contributed by atoms with Crippen LogP contribution in [-0.4, -0.2) is 38.6 Å². The Hall–Kier alpha value is -1.14. The summed E-state index contributed by atoms with van der Waals surface area (Å²) >= 11 is 0. The third kappa shape index (κ3) is 6.18. The van der Waals surface area contributed by atoms with Crippen LogP contribution in [0.2, 0.25) is 0 Å². The maximum atomic E-state index is 14.0. The molecule has 0 radical (unpaired) electrons. The summed E-state index contributed by atoms with van der Waals surface area (Å²) < 4.78 is 44.9. The van der Waals surface area contributed by atoms with E-state index in [0.717, 1.165) is 31.2 Å². The lowest BCUT2D eigenvalue weighted by atomic mass is 9.98. The quantitative estimate of drug-likeness (QED) is 0.610. The highest BCUT2D eigenvalue weighted by atomic mass is 32.2. The largest absolute Gasteiger partial charge is 0.490 e. The van der Waals surface area contributed by atoms with E-state index in [1.807, 2.05) is 0 Å². The molecule has 0 aromatic heterocycles. The van der Waals surface area contributed by atoms with Crippen molar-refractivity contribution in [3.63, 3.8) is 0 Å². The molecule has 0 amide bonds. The van der Waals surface area contributed by atoms with Crippen molar-refractivity contribution < 1.29 is 17.5 Å². The molecule has 6 heteroatoms. The summed E-state index contributed by atoms with van der Waals surface area (Å²) in [4.78, 5) is 0. The Labute approximate surface area is 162 Å². The molecule has 2 aliphatic rings. The van der Waals surface area contributed by atoms with E-state index < -0.39 is 9.84 Å². The summed E-state index contributed by atoms with van der Waals surface area (Å²) in [7, 11) is -3.16. The smallest absolute Gasteiger partial charge is 0.165 e. The molecule has 0 atom stereocenters. The van der Waals surface area contributed by atoms with Crippen molar-refractivity contribution in [1.29, 1.82) is 0 Å². The first kappa shape index (κ1) is 20.6. The number of nitrogens with one attached hydrogen (secondary N) is 1. The predicted octanol–water partition coefficient (Wildman–Crippen LogP) is 3.84. The molecule has 2 aliphatic carbocycles. The fraction of sp³-hybridized carbons (Fsp3) is 0.714. The van der Waals surface area contributed by atoms with Crippen molar-refractivity contribution in [2.75, 3.05) is 24.7 Å². The fourth-order valence-corrected chi connectivity index (χ4v) is 5.38. The van der Waals surface area contributed by atoms with Crippen LogP contribution in [0.3, 0.4) is 0 Å². The third-order valence-electron chi connectivity index (χ3n) is 5.35. The van der Waals surface area contributed by atoms with Gasteiger partial charge in [0.15, 0.2) is 21.4 Å². The number of rotatable bonds is 10. The number of ether oxygens (including phenoxy) is 1. The predicted molar refractivity (Wildman–Crippen MR) is 107 cm³/mol. The maximum absolute atomic E-state index is 14.0. The average Bonchev–Trinajstić information content (AvgIpc) is 3.46. The molecule has 27 heavy (non-hydrogen) atoms. The van der Waals surface area contributed by atoms with Gasteiger partial charge in [-0.1, -0.05) is 6.07 Å². The van der Waals surface area contributed by atoms with Crippen molar-refractivity contribution in [1.82, 2.24) is 5.32 Å². The van der Waals surface area contributed by atoms with Crippen molar-refractivity contribution in [2.24, 2.45) is 5.92 Å². The lowest BCUT2D eigenvalue weighted by Crippen LogP contribution is -2.37. The number of hydrogen-bond acceptors (Lipinski definition) is 4. The Morgan fingerprint density at radius 3 is 2.56 bits per heavy atom. The van der Waals surface area contributed by atoms with E-state index in [0.29, 0.717) is 25.5 Å².